The van der Waals surface area contributed by atoms with E-state index < -0.39 is 0 Å². The normalized spacial score (nSPS) is 18.5. The highest BCUT2D eigenvalue weighted by Crippen LogP contribution is 2.27. The average Bonchev–Trinajstić information content (AvgIpc) is 2.92. The standard InChI is InChI=1S/C15H23NO3/c1-3-7-18-13-5-4-12(10-16-2)15(9-13)19-14-6-8-17-11-14/h4-5,9,14,16H,3,6-8,10-11H2,1-2H3. The Bertz CT molecular complexity index is 389. The van der Waals surface area contributed by atoms with Crippen LogP contribution in [-0.2, 0) is 11.3 Å². The van der Waals surface area contributed by atoms with Crippen molar-refractivity contribution in [2.24, 2.45) is 0 Å². The van der Waals surface area contributed by atoms with Gasteiger partial charge in [0.2, 0.25) is 0 Å². The summed E-state index contributed by atoms with van der Waals surface area (Å²) in [6, 6.07) is 6.05. The second kappa shape index (κ2) is 7.36. The van der Waals surface area contributed by atoms with Crippen LogP contribution in [0.15, 0.2) is 18.2 Å². The third kappa shape index (κ3) is 4.11. The third-order valence-corrected chi connectivity index (χ3v) is 3.06. The van der Waals surface area contributed by atoms with Crippen LogP contribution in [0.2, 0.25) is 0 Å². The molecule has 0 bridgehead atoms. The highest BCUT2D eigenvalue weighted by Gasteiger charge is 2.18. The third-order valence-electron chi connectivity index (χ3n) is 3.06. The minimum atomic E-state index is 0.164. The molecule has 4 heteroatoms. The monoisotopic (exact) mass is 265 g/mol. The first kappa shape index (κ1) is 14.2. The lowest BCUT2D eigenvalue weighted by atomic mass is 10.2. The van der Waals surface area contributed by atoms with Gasteiger partial charge in [0.05, 0.1) is 19.8 Å². The zero-order valence-electron chi connectivity index (χ0n) is 11.8. The van der Waals surface area contributed by atoms with Crippen molar-refractivity contribution in [1.82, 2.24) is 5.32 Å². The zero-order valence-corrected chi connectivity index (χ0v) is 11.8. The largest absolute Gasteiger partial charge is 0.493 e. The number of ether oxygens (including phenoxy) is 3. The number of nitrogens with one attached hydrogen (secondary N) is 1. The van der Waals surface area contributed by atoms with Crippen molar-refractivity contribution in [1.29, 1.82) is 0 Å². The first-order valence-corrected chi connectivity index (χ1v) is 6.98. The maximum Gasteiger partial charge on any atom is 0.128 e. The van der Waals surface area contributed by atoms with Crippen LogP contribution in [0.3, 0.4) is 0 Å². The molecule has 0 amide bonds. The van der Waals surface area contributed by atoms with Gasteiger partial charge in [-0.25, -0.2) is 0 Å². The van der Waals surface area contributed by atoms with Crippen LogP contribution >= 0.6 is 0 Å². The summed E-state index contributed by atoms with van der Waals surface area (Å²) in [5.74, 6) is 1.77. The quantitative estimate of drug-likeness (QED) is 0.821. The lowest BCUT2D eigenvalue weighted by molar-refractivity contribution is 0.140. The molecule has 2 rings (SSSR count). The first-order valence-electron chi connectivity index (χ1n) is 6.98. The van der Waals surface area contributed by atoms with E-state index in [1.54, 1.807) is 0 Å². The summed E-state index contributed by atoms with van der Waals surface area (Å²) >= 11 is 0. The van der Waals surface area contributed by atoms with Crippen LogP contribution in [0.5, 0.6) is 11.5 Å². The number of rotatable bonds is 7. The lowest BCUT2D eigenvalue weighted by Gasteiger charge is -2.17. The molecule has 1 aliphatic heterocycles. The van der Waals surface area contributed by atoms with E-state index >= 15 is 0 Å². The molecule has 1 aliphatic rings. The van der Waals surface area contributed by atoms with Gasteiger partial charge >= 0.3 is 0 Å². The van der Waals surface area contributed by atoms with E-state index in [4.69, 9.17) is 14.2 Å². The highest BCUT2D eigenvalue weighted by atomic mass is 16.5. The molecular formula is C15H23NO3. The molecule has 106 valence electrons. The topological polar surface area (TPSA) is 39.7 Å². The highest BCUT2D eigenvalue weighted by molar-refractivity contribution is 5.41. The van der Waals surface area contributed by atoms with Gasteiger partial charge in [0.1, 0.15) is 17.6 Å². The van der Waals surface area contributed by atoms with Gasteiger partial charge in [0.15, 0.2) is 0 Å². The Morgan fingerprint density at radius 1 is 1.42 bits per heavy atom. The Morgan fingerprint density at radius 2 is 2.32 bits per heavy atom. The first-order chi connectivity index (χ1) is 9.33. The molecule has 1 heterocycles. The molecule has 0 saturated carbocycles. The summed E-state index contributed by atoms with van der Waals surface area (Å²) in [7, 11) is 1.93. The molecule has 0 aromatic heterocycles. The van der Waals surface area contributed by atoms with Gasteiger partial charge in [-0.15, -0.1) is 0 Å². The van der Waals surface area contributed by atoms with E-state index in [1.165, 1.54) is 0 Å². The van der Waals surface area contributed by atoms with Gasteiger partial charge < -0.3 is 19.5 Å². The molecule has 1 N–H and O–H groups in total. The summed E-state index contributed by atoms with van der Waals surface area (Å²) in [5, 5.41) is 3.16. The smallest absolute Gasteiger partial charge is 0.128 e. The van der Waals surface area contributed by atoms with Crippen molar-refractivity contribution in [3.63, 3.8) is 0 Å². The number of hydrogen-bond donors (Lipinski definition) is 1. The van der Waals surface area contributed by atoms with Crippen molar-refractivity contribution in [2.45, 2.75) is 32.4 Å². The average molecular weight is 265 g/mol. The number of hydrogen-bond acceptors (Lipinski definition) is 4. The van der Waals surface area contributed by atoms with Gasteiger partial charge in [-0.05, 0) is 19.5 Å². The van der Waals surface area contributed by atoms with Gasteiger partial charge in [-0.1, -0.05) is 13.0 Å². The summed E-state index contributed by atoms with van der Waals surface area (Å²) in [4.78, 5) is 0. The molecule has 0 spiro atoms. The van der Waals surface area contributed by atoms with Crippen LogP contribution in [-0.4, -0.2) is 33.0 Å². The van der Waals surface area contributed by atoms with Crippen LogP contribution in [0, 0.1) is 0 Å². The van der Waals surface area contributed by atoms with E-state index in [2.05, 4.69) is 18.3 Å². The van der Waals surface area contributed by atoms with E-state index in [0.717, 1.165) is 49.7 Å². The van der Waals surface area contributed by atoms with Crippen molar-refractivity contribution >= 4 is 0 Å². The molecule has 0 aliphatic carbocycles. The fourth-order valence-corrected chi connectivity index (χ4v) is 2.08. The molecular weight excluding hydrogens is 242 g/mol. The van der Waals surface area contributed by atoms with Crippen LogP contribution in [0.1, 0.15) is 25.3 Å². The van der Waals surface area contributed by atoms with Crippen molar-refractivity contribution in [3.8, 4) is 11.5 Å². The number of benzene rings is 1. The summed E-state index contributed by atoms with van der Waals surface area (Å²) in [5.41, 5.74) is 1.15. The molecule has 1 aromatic rings. The zero-order chi connectivity index (χ0) is 13.5. The molecule has 4 nitrogen and oxygen atoms in total. The maximum atomic E-state index is 6.03. The summed E-state index contributed by atoms with van der Waals surface area (Å²) in [6.07, 6.45) is 2.13. The Labute approximate surface area is 115 Å². The van der Waals surface area contributed by atoms with Crippen LogP contribution in [0.25, 0.3) is 0 Å². The van der Waals surface area contributed by atoms with Gasteiger partial charge in [0.25, 0.3) is 0 Å². The maximum absolute atomic E-state index is 6.03. The summed E-state index contributed by atoms with van der Waals surface area (Å²) < 4.78 is 17.0. The molecule has 19 heavy (non-hydrogen) atoms. The van der Waals surface area contributed by atoms with Gasteiger partial charge in [-0.2, -0.15) is 0 Å². The van der Waals surface area contributed by atoms with Crippen molar-refractivity contribution in [2.75, 3.05) is 26.9 Å². The van der Waals surface area contributed by atoms with Gasteiger partial charge in [0, 0.05) is 24.6 Å². The molecule has 0 radical (unpaired) electrons. The van der Waals surface area contributed by atoms with E-state index in [1.807, 2.05) is 19.2 Å². The predicted octanol–water partition coefficient (Wildman–Crippen LogP) is 2.36. The van der Waals surface area contributed by atoms with E-state index in [0.29, 0.717) is 6.61 Å². The van der Waals surface area contributed by atoms with E-state index in [9.17, 15) is 0 Å². The molecule has 1 saturated heterocycles. The lowest BCUT2D eigenvalue weighted by Crippen LogP contribution is -2.18. The molecule has 1 unspecified atom stereocenters. The SMILES string of the molecule is CCCOc1ccc(CNC)c(OC2CCOC2)c1. The molecule has 1 fully saturated rings. The molecule has 1 atom stereocenters. The minimum Gasteiger partial charge on any atom is -0.493 e. The van der Waals surface area contributed by atoms with Crippen molar-refractivity contribution < 1.29 is 14.2 Å². The molecule has 1 aromatic carbocycles. The van der Waals surface area contributed by atoms with Crippen LogP contribution < -0.4 is 14.8 Å². The van der Waals surface area contributed by atoms with Gasteiger partial charge in [-0.3, -0.25) is 0 Å². The Kier molecular flexibility index (Phi) is 5.48. The minimum absolute atomic E-state index is 0.164. The van der Waals surface area contributed by atoms with Crippen molar-refractivity contribution in [3.05, 3.63) is 23.8 Å². The van der Waals surface area contributed by atoms with E-state index in [-0.39, 0.29) is 6.10 Å². The Morgan fingerprint density at radius 3 is 3.00 bits per heavy atom. The fraction of sp³-hybridized carbons (Fsp3) is 0.600. The summed E-state index contributed by atoms with van der Waals surface area (Å²) in [6.45, 7) is 5.09. The predicted molar refractivity (Wildman–Crippen MR) is 74.8 cm³/mol. The second-order valence-corrected chi connectivity index (χ2v) is 4.75. The Balaban J connectivity index is 2.09. The fourth-order valence-electron chi connectivity index (χ4n) is 2.08. The second-order valence-electron chi connectivity index (χ2n) is 4.75. The van der Waals surface area contributed by atoms with Crippen LogP contribution in [0.4, 0.5) is 0 Å². The Hall–Kier alpha value is -1.26.